The summed E-state index contributed by atoms with van der Waals surface area (Å²) in [6.45, 7) is 1.43. The van der Waals surface area contributed by atoms with Gasteiger partial charge in [-0.25, -0.2) is 4.99 Å². The van der Waals surface area contributed by atoms with Crippen molar-refractivity contribution in [3.63, 3.8) is 0 Å². The molecule has 1 fully saturated rings. The quantitative estimate of drug-likeness (QED) is 0.335. The van der Waals surface area contributed by atoms with E-state index < -0.39 is 6.36 Å². The van der Waals surface area contributed by atoms with Crippen LogP contribution in [0.15, 0.2) is 53.5 Å². The van der Waals surface area contributed by atoms with Gasteiger partial charge in [-0.3, -0.25) is 4.79 Å². The van der Waals surface area contributed by atoms with Crippen LogP contribution >= 0.6 is 24.0 Å². The lowest BCUT2D eigenvalue weighted by Crippen LogP contribution is -2.31. The summed E-state index contributed by atoms with van der Waals surface area (Å²) in [6.07, 6.45) is -3.24. The maximum Gasteiger partial charge on any atom is 0.573 e. The van der Waals surface area contributed by atoms with Gasteiger partial charge in [-0.05, 0) is 41.8 Å². The Kier molecular flexibility index (Phi) is 8.33. The van der Waals surface area contributed by atoms with E-state index in [2.05, 4.69) is 15.0 Å². The van der Waals surface area contributed by atoms with Crippen LogP contribution in [0.1, 0.15) is 24.0 Å². The van der Waals surface area contributed by atoms with E-state index in [0.717, 1.165) is 24.2 Å². The number of aliphatic imine (C=N–C) groups is 1. The third kappa shape index (κ3) is 7.08. The van der Waals surface area contributed by atoms with Gasteiger partial charge in [0, 0.05) is 25.2 Å². The minimum absolute atomic E-state index is 0. The van der Waals surface area contributed by atoms with Crippen molar-refractivity contribution >= 4 is 41.5 Å². The molecule has 0 unspecified atom stereocenters. The molecule has 0 aromatic heterocycles. The van der Waals surface area contributed by atoms with Crippen molar-refractivity contribution in [2.45, 2.75) is 32.3 Å². The highest BCUT2D eigenvalue weighted by atomic mass is 127. The van der Waals surface area contributed by atoms with Crippen LogP contribution in [0.3, 0.4) is 0 Å². The first-order valence-corrected chi connectivity index (χ1v) is 9.08. The molecule has 3 N–H and O–H groups in total. The van der Waals surface area contributed by atoms with Crippen LogP contribution in [0.5, 0.6) is 5.75 Å². The zero-order valence-electron chi connectivity index (χ0n) is 16.0. The number of nitrogens with zero attached hydrogens (tertiary/aromatic N) is 2. The van der Waals surface area contributed by atoms with E-state index in [1.165, 1.54) is 24.3 Å². The highest BCUT2D eigenvalue weighted by Crippen LogP contribution is 2.23. The zero-order valence-corrected chi connectivity index (χ0v) is 18.3. The number of nitrogens with two attached hydrogens (primary N) is 1. The Morgan fingerprint density at radius 3 is 2.30 bits per heavy atom. The number of amides is 1. The Bertz CT molecular complexity index is 871. The molecular weight excluding hydrogens is 512 g/mol. The van der Waals surface area contributed by atoms with Crippen molar-refractivity contribution in [2.75, 3.05) is 11.4 Å². The smallest absolute Gasteiger partial charge is 0.406 e. The van der Waals surface area contributed by atoms with Crippen LogP contribution in [0.2, 0.25) is 0 Å². The van der Waals surface area contributed by atoms with Crippen molar-refractivity contribution in [3.05, 3.63) is 59.7 Å². The minimum atomic E-state index is -4.71. The van der Waals surface area contributed by atoms with Crippen molar-refractivity contribution in [1.29, 1.82) is 0 Å². The van der Waals surface area contributed by atoms with Crippen molar-refractivity contribution < 1.29 is 22.7 Å². The van der Waals surface area contributed by atoms with Crippen molar-refractivity contribution in [1.82, 2.24) is 5.32 Å². The molecule has 1 saturated heterocycles. The summed E-state index contributed by atoms with van der Waals surface area (Å²) < 4.78 is 40.3. The molecule has 1 heterocycles. The summed E-state index contributed by atoms with van der Waals surface area (Å²) in [7, 11) is 0. The molecule has 3 rings (SSSR count). The minimum Gasteiger partial charge on any atom is -0.406 e. The third-order valence-corrected chi connectivity index (χ3v) is 4.38. The summed E-state index contributed by atoms with van der Waals surface area (Å²) in [5.41, 5.74) is 8.40. The number of carbonyl (C=O) groups excluding carboxylic acids is 1. The molecule has 0 saturated carbocycles. The molecule has 1 aliphatic heterocycles. The van der Waals surface area contributed by atoms with Crippen molar-refractivity contribution in [3.8, 4) is 5.75 Å². The number of hydrogen-bond acceptors (Lipinski definition) is 3. The summed E-state index contributed by atoms with van der Waals surface area (Å²) in [4.78, 5) is 17.7. The first-order valence-electron chi connectivity index (χ1n) is 9.08. The normalized spacial score (nSPS) is 14.4. The average Bonchev–Trinajstić information content (AvgIpc) is 3.11. The number of rotatable bonds is 6. The molecule has 1 aliphatic rings. The van der Waals surface area contributed by atoms with Crippen LogP contribution in [-0.4, -0.2) is 24.8 Å². The number of anilines is 1. The predicted molar refractivity (Wildman–Crippen MR) is 119 cm³/mol. The number of benzene rings is 2. The molecule has 6 nitrogen and oxygen atoms in total. The van der Waals surface area contributed by atoms with E-state index in [-0.39, 0.29) is 48.1 Å². The lowest BCUT2D eigenvalue weighted by molar-refractivity contribution is -0.274. The summed E-state index contributed by atoms with van der Waals surface area (Å²) >= 11 is 0. The lowest BCUT2D eigenvalue weighted by atomic mass is 10.2. The highest BCUT2D eigenvalue weighted by molar-refractivity contribution is 14.0. The number of halogens is 4. The number of alkyl halides is 3. The Hall–Kier alpha value is -2.50. The number of nitrogens with one attached hydrogen (secondary N) is 1. The molecule has 1 amide bonds. The topological polar surface area (TPSA) is 80.0 Å². The molecule has 0 aliphatic carbocycles. The first-order chi connectivity index (χ1) is 13.8. The van der Waals surface area contributed by atoms with E-state index in [9.17, 15) is 18.0 Å². The van der Waals surface area contributed by atoms with Gasteiger partial charge in [0.15, 0.2) is 5.96 Å². The third-order valence-electron chi connectivity index (χ3n) is 4.38. The fraction of sp³-hybridized carbons (Fsp3) is 0.300. The van der Waals surface area contributed by atoms with Gasteiger partial charge >= 0.3 is 6.36 Å². The average molecular weight is 534 g/mol. The van der Waals surface area contributed by atoms with Gasteiger partial charge in [-0.1, -0.05) is 24.3 Å². The van der Waals surface area contributed by atoms with Gasteiger partial charge in [-0.15, -0.1) is 37.1 Å². The van der Waals surface area contributed by atoms with Gasteiger partial charge in [0.1, 0.15) is 5.75 Å². The molecule has 0 spiro atoms. The summed E-state index contributed by atoms with van der Waals surface area (Å²) in [6, 6.07) is 13.1. The van der Waals surface area contributed by atoms with Crippen LogP contribution in [0.25, 0.3) is 0 Å². The fourth-order valence-corrected chi connectivity index (χ4v) is 2.94. The number of ether oxygens (including phenoxy) is 1. The second-order valence-corrected chi connectivity index (χ2v) is 6.56. The molecule has 0 bridgehead atoms. The number of guanidine groups is 1. The molecule has 10 heteroatoms. The molecule has 0 radical (unpaired) electrons. The predicted octanol–water partition coefficient (Wildman–Crippen LogP) is 3.93. The lowest BCUT2D eigenvalue weighted by Gasteiger charge is -2.16. The van der Waals surface area contributed by atoms with Crippen molar-refractivity contribution in [2.24, 2.45) is 10.7 Å². The maximum absolute atomic E-state index is 12.2. The highest BCUT2D eigenvalue weighted by Gasteiger charge is 2.30. The van der Waals surface area contributed by atoms with E-state index in [0.29, 0.717) is 18.5 Å². The SMILES string of the molecule is I.NC(=NCc1ccc(OC(F)(F)F)cc1)NCc1ccc(N2CCCC2=O)cc1. The van der Waals surface area contributed by atoms with Gasteiger partial charge < -0.3 is 20.7 Å². The van der Waals surface area contributed by atoms with Crippen LogP contribution < -0.4 is 20.7 Å². The monoisotopic (exact) mass is 534 g/mol. The van der Waals surface area contributed by atoms with E-state index in [1.807, 2.05) is 24.3 Å². The zero-order chi connectivity index (χ0) is 20.9. The number of carbonyl (C=O) groups is 1. The van der Waals surface area contributed by atoms with Gasteiger partial charge in [0.05, 0.1) is 6.54 Å². The molecule has 162 valence electrons. The Morgan fingerprint density at radius 2 is 1.73 bits per heavy atom. The van der Waals surface area contributed by atoms with E-state index >= 15 is 0 Å². The Morgan fingerprint density at radius 1 is 1.10 bits per heavy atom. The standard InChI is InChI=1S/C20H21F3N4O2.HI/c21-20(22,23)29-17-9-5-15(6-10-17)13-26-19(24)25-12-14-3-7-16(8-4-14)27-11-1-2-18(27)28;/h3-10H,1-2,11-13H2,(H3,24,25,26);1H. The Balaban J connectivity index is 0.00000320. The van der Waals surface area contributed by atoms with Gasteiger partial charge in [0.25, 0.3) is 0 Å². The summed E-state index contributed by atoms with van der Waals surface area (Å²) in [5.74, 6) is 0.0834. The second kappa shape index (κ2) is 10.5. The molecule has 2 aromatic rings. The van der Waals surface area contributed by atoms with Gasteiger partial charge in [-0.2, -0.15) is 0 Å². The largest absolute Gasteiger partial charge is 0.573 e. The van der Waals surface area contributed by atoms with Crippen LogP contribution in [-0.2, 0) is 17.9 Å². The molecule has 0 atom stereocenters. The fourth-order valence-electron chi connectivity index (χ4n) is 2.94. The van der Waals surface area contributed by atoms with E-state index in [4.69, 9.17) is 5.73 Å². The maximum atomic E-state index is 12.2. The molecular formula is C20H22F3IN4O2. The molecule has 2 aromatic carbocycles. The van der Waals surface area contributed by atoms with Crippen LogP contribution in [0, 0.1) is 0 Å². The Labute approximate surface area is 189 Å². The second-order valence-electron chi connectivity index (χ2n) is 6.56. The first kappa shape index (κ1) is 23.8. The van der Waals surface area contributed by atoms with Gasteiger partial charge in [0.2, 0.25) is 5.91 Å². The number of hydrogen-bond donors (Lipinski definition) is 2. The van der Waals surface area contributed by atoms with E-state index in [1.54, 1.807) is 4.90 Å². The molecule has 30 heavy (non-hydrogen) atoms. The summed E-state index contributed by atoms with van der Waals surface area (Å²) in [5, 5.41) is 2.98. The van der Waals surface area contributed by atoms with Crippen LogP contribution in [0.4, 0.5) is 18.9 Å².